The molecule has 4 heteroatoms. The van der Waals surface area contributed by atoms with Gasteiger partial charge in [-0.05, 0) is 145 Å². The minimum atomic E-state index is -0.161. The highest BCUT2D eigenvalue weighted by molar-refractivity contribution is 6.95. The molecule has 0 fully saturated rings. The average Bonchev–Trinajstić information content (AvgIpc) is 3.73. The first-order chi connectivity index (χ1) is 29.5. The molecule has 3 nitrogen and oxygen atoms in total. The third-order valence-corrected chi connectivity index (χ3v) is 15.6. The maximum Gasteiger partial charge on any atom is 0.337 e. The number of anilines is 5. The van der Waals surface area contributed by atoms with Crippen molar-refractivity contribution >= 4 is 68.1 Å². The Morgan fingerprint density at radius 1 is 0.565 bits per heavy atom. The molecule has 1 aromatic heterocycles. The van der Waals surface area contributed by atoms with Gasteiger partial charge in [-0.3, -0.25) is 4.90 Å². The van der Waals surface area contributed by atoms with Crippen molar-refractivity contribution in [2.45, 2.75) is 104 Å². The maximum atomic E-state index is 7.30. The Morgan fingerprint density at radius 2 is 1.21 bits per heavy atom. The number of hydrogen-bond donors (Lipinski definition) is 0. The van der Waals surface area contributed by atoms with Gasteiger partial charge in [0.05, 0.1) is 5.69 Å². The van der Waals surface area contributed by atoms with Crippen LogP contribution in [0.25, 0.3) is 44.0 Å². The standard InChI is InChI=1S/C58H55BN2O/c1-34-29-45-46(57(7,8)28-27-56(45,5)6)33-47(34)60-49-30-35-17-11-12-18-38(35)51-42-31-41-39-19-13-15-21-43(39)58(9,10)44(41)32-48(42)61(37-25-23-36(24-26-37)55(2,3)4)59(53(49)51)52-40-20-14-16-22-50(40)62-54(52)60/h11-26,29-33H,27-28H2,1-10H3. The second-order valence-electron chi connectivity index (χ2n) is 21.7. The Morgan fingerprint density at radius 3 is 1.95 bits per heavy atom. The number of nitrogens with zero attached hydrogens (tertiary/aromatic N) is 2. The van der Waals surface area contributed by atoms with E-state index in [1.165, 1.54) is 107 Å². The molecule has 0 N–H and O–H groups in total. The maximum absolute atomic E-state index is 7.30. The summed E-state index contributed by atoms with van der Waals surface area (Å²) >= 11 is 0. The molecule has 0 spiro atoms. The van der Waals surface area contributed by atoms with Crippen molar-refractivity contribution in [3.8, 4) is 22.3 Å². The predicted molar refractivity (Wildman–Crippen MR) is 264 cm³/mol. The lowest BCUT2D eigenvalue weighted by Crippen LogP contribution is -2.61. The van der Waals surface area contributed by atoms with Gasteiger partial charge in [0.15, 0.2) is 0 Å². The van der Waals surface area contributed by atoms with Gasteiger partial charge in [-0.15, -0.1) is 0 Å². The van der Waals surface area contributed by atoms with Crippen molar-refractivity contribution in [2.24, 2.45) is 0 Å². The van der Waals surface area contributed by atoms with Gasteiger partial charge in [0.25, 0.3) is 0 Å². The quantitative estimate of drug-likeness (QED) is 0.162. The topological polar surface area (TPSA) is 19.6 Å². The molecule has 12 rings (SSSR count). The van der Waals surface area contributed by atoms with Crippen LogP contribution in [0.3, 0.4) is 0 Å². The van der Waals surface area contributed by atoms with E-state index < -0.39 is 0 Å². The first-order valence-electron chi connectivity index (χ1n) is 22.8. The van der Waals surface area contributed by atoms with Crippen molar-refractivity contribution in [2.75, 3.05) is 9.71 Å². The Labute approximate surface area is 367 Å². The Bertz CT molecular complexity index is 3230. The first-order valence-corrected chi connectivity index (χ1v) is 22.8. The molecule has 2 aliphatic heterocycles. The van der Waals surface area contributed by atoms with Crippen LogP contribution >= 0.6 is 0 Å². The number of aryl methyl sites for hydroxylation is 1. The van der Waals surface area contributed by atoms with Crippen molar-refractivity contribution in [1.82, 2.24) is 0 Å². The van der Waals surface area contributed by atoms with Gasteiger partial charge in [0.2, 0.25) is 5.88 Å². The molecule has 0 radical (unpaired) electrons. The fourth-order valence-electron chi connectivity index (χ4n) is 12.0. The van der Waals surface area contributed by atoms with E-state index in [0.717, 1.165) is 23.3 Å². The number of fused-ring (bicyclic) bond motifs is 12. The normalized spacial score (nSPS) is 17.4. The Kier molecular flexibility index (Phi) is 7.51. The minimum Gasteiger partial charge on any atom is -0.440 e. The van der Waals surface area contributed by atoms with Gasteiger partial charge in [-0.25, -0.2) is 0 Å². The summed E-state index contributed by atoms with van der Waals surface area (Å²) < 4.78 is 7.30. The number of furan rings is 1. The lowest BCUT2D eigenvalue weighted by molar-refractivity contribution is 0.332. The molecule has 306 valence electrons. The SMILES string of the molecule is Cc1cc2c(cc1N1c3cc4ccccc4c4c3B(c3c1oc1ccccc31)N(c1ccc(C(C)(C)C)cc1)c1cc3c(cc1-4)-c1ccccc1C3(C)C)C(C)(C)CCC2(C)C. The largest absolute Gasteiger partial charge is 0.440 e. The summed E-state index contributed by atoms with van der Waals surface area (Å²) in [5.74, 6) is 0.912. The van der Waals surface area contributed by atoms with E-state index in [-0.39, 0.29) is 28.5 Å². The zero-order valence-electron chi connectivity index (χ0n) is 37.9. The molecule has 0 atom stereocenters. The van der Waals surface area contributed by atoms with Crippen LogP contribution in [-0.4, -0.2) is 6.85 Å². The smallest absolute Gasteiger partial charge is 0.337 e. The van der Waals surface area contributed by atoms with E-state index in [2.05, 4.69) is 206 Å². The molecule has 0 bridgehead atoms. The highest BCUT2D eigenvalue weighted by Crippen LogP contribution is 2.57. The zero-order valence-corrected chi connectivity index (χ0v) is 37.9. The Hall–Kier alpha value is -6.00. The molecule has 8 aromatic rings. The fourth-order valence-corrected chi connectivity index (χ4v) is 12.0. The second kappa shape index (κ2) is 12.3. The molecule has 0 unspecified atom stereocenters. The first kappa shape index (κ1) is 37.7. The summed E-state index contributed by atoms with van der Waals surface area (Å²) in [5.41, 5.74) is 21.9. The molecule has 0 saturated carbocycles. The van der Waals surface area contributed by atoms with Crippen molar-refractivity contribution < 1.29 is 4.42 Å². The van der Waals surface area contributed by atoms with E-state index in [9.17, 15) is 0 Å². The molecule has 62 heavy (non-hydrogen) atoms. The fraction of sp³-hybridized carbons (Fsp3) is 0.276. The van der Waals surface area contributed by atoms with E-state index >= 15 is 0 Å². The summed E-state index contributed by atoms with van der Waals surface area (Å²) in [4.78, 5) is 5.19. The second-order valence-corrected chi connectivity index (χ2v) is 21.7. The van der Waals surface area contributed by atoms with E-state index in [1.54, 1.807) is 0 Å². The van der Waals surface area contributed by atoms with Gasteiger partial charge in [-0.2, -0.15) is 0 Å². The van der Waals surface area contributed by atoms with Crippen LogP contribution in [0.1, 0.15) is 109 Å². The molecule has 7 aromatic carbocycles. The molecule has 0 amide bonds. The van der Waals surface area contributed by atoms with Crippen LogP contribution in [0.2, 0.25) is 0 Å². The van der Waals surface area contributed by atoms with Crippen LogP contribution in [0, 0.1) is 6.92 Å². The molecule has 0 saturated heterocycles. The van der Waals surface area contributed by atoms with Crippen LogP contribution in [0.15, 0.2) is 132 Å². The van der Waals surface area contributed by atoms with Crippen LogP contribution in [0.4, 0.5) is 28.6 Å². The van der Waals surface area contributed by atoms with E-state index in [4.69, 9.17) is 4.42 Å². The van der Waals surface area contributed by atoms with Crippen LogP contribution in [0.5, 0.6) is 0 Å². The van der Waals surface area contributed by atoms with Gasteiger partial charge in [0.1, 0.15) is 5.58 Å². The lowest BCUT2D eigenvalue weighted by atomic mass is 9.43. The third kappa shape index (κ3) is 5.01. The highest BCUT2D eigenvalue weighted by atomic mass is 16.4. The minimum absolute atomic E-state index is 0.0312. The third-order valence-electron chi connectivity index (χ3n) is 15.6. The van der Waals surface area contributed by atoms with Gasteiger partial charge < -0.3 is 9.23 Å². The van der Waals surface area contributed by atoms with Crippen molar-refractivity contribution in [3.63, 3.8) is 0 Å². The molecular formula is C58H55BN2O. The van der Waals surface area contributed by atoms with E-state index in [1.807, 2.05) is 0 Å². The number of hydrogen-bond acceptors (Lipinski definition) is 3. The summed E-state index contributed by atoms with van der Waals surface area (Å²) in [6.07, 6.45) is 2.34. The van der Waals surface area contributed by atoms with Gasteiger partial charge >= 0.3 is 6.85 Å². The van der Waals surface area contributed by atoms with E-state index in [0.29, 0.717) is 0 Å². The highest BCUT2D eigenvalue weighted by Gasteiger charge is 2.50. The molecular weight excluding hydrogens is 751 g/mol. The zero-order chi connectivity index (χ0) is 42.8. The number of benzene rings is 7. The summed E-state index contributed by atoms with van der Waals surface area (Å²) in [6, 6.07) is 48.9. The van der Waals surface area contributed by atoms with Gasteiger partial charge in [0, 0.05) is 38.9 Å². The monoisotopic (exact) mass is 806 g/mol. The average molecular weight is 807 g/mol. The van der Waals surface area contributed by atoms with Crippen LogP contribution < -0.4 is 20.6 Å². The van der Waals surface area contributed by atoms with Crippen molar-refractivity contribution in [1.29, 1.82) is 0 Å². The molecule has 3 heterocycles. The summed E-state index contributed by atoms with van der Waals surface area (Å²) in [7, 11) is 0. The molecule has 2 aliphatic carbocycles. The van der Waals surface area contributed by atoms with Crippen LogP contribution in [-0.2, 0) is 21.7 Å². The number of para-hydroxylation sites is 1. The summed E-state index contributed by atoms with van der Waals surface area (Å²) in [5, 5.41) is 3.68. The molecule has 4 aliphatic rings. The number of rotatable bonds is 2. The summed E-state index contributed by atoms with van der Waals surface area (Å²) in [6.45, 7) is 23.6. The van der Waals surface area contributed by atoms with Gasteiger partial charge in [-0.1, -0.05) is 147 Å². The Balaban J connectivity index is 1.24. The van der Waals surface area contributed by atoms with Crippen molar-refractivity contribution in [3.05, 3.63) is 161 Å². The lowest BCUT2D eigenvalue weighted by Gasteiger charge is -2.46. The predicted octanol–water partition coefficient (Wildman–Crippen LogP) is 14.6.